The highest BCUT2D eigenvalue weighted by Gasteiger charge is 2.28. The van der Waals surface area contributed by atoms with Crippen LogP contribution in [-0.2, 0) is 4.79 Å². The third-order valence-electron chi connectivity index (χ3n) is 3.60. The second-order valence-electron chi connectivity index (χ2n) is 5.26. The third kappa shape index (κ3) is 3.65. The lowest BCUT2D eigenvalue weighted by Crippen LogP contribution is -2.38. The number of nitrogens with two attached hydrogens (primary N) is 1. The van der Waals surface area contributed by atoms with Gasteiger partial charge in [-0.3, -0.25) is 9.59 Å². The molecule has 4 N–H and O–H groups in total. The van der Waals surface area contributed by atoms with Crippen LogP contribution in [0.5, 0.6) is 5.75 Å². The second-order valence-corrected chi connectivity index (χ2v) is 5.26. The largest absolute Gasteiger partial charge is 0.482 e. The molecule has 1 saturated carbocycles. The van der Waals surface area contributed by atoms with Crippen molar-refractivity contribution < 1.29 is 14.3 Å². The van der Waals surface area contributed by atoms with Crippen LogP contribution in [0.3, 0.4) is 0 Å². The summed E-state index contributed by atoms with van der Waals surface area (Å²) >= 11 is 0. The number of halogens is 1. The number of rotatable bonds is 4. The maximum absolute atomic E-state index is 12.0. The molecule has 6 nitrogen and oxygen atoms in total. The highest BCUT2D eigenvalue weighted by molar-refractivity contribution is 5.99. The molecule has 1 aliphatic carbocycles. The van der Waals surface area contributed by atoms with Crippen LogP contribution in [0.1, 0.15) is 23.2 Å². The van der Waals surface area contributed by atoms with Gasteiger partial charge in [0, 0.05) is 18.2 Å². The van der Waals surface area contributed by atoms with Crippen molar-refractivity contribution >= 4 is 29.9 Å². The number of carbonyl (C=O) groups excluding carboxylic acids is 2. The van der Waals surface area contributed by atoms with E-state index in [9.17, 15) is 9.59 Å². The lowest BCUT2D eigenvalue weighted by Gasteiger charge is -2.18. The molecular formula is C14H18ClN3O3. The highest BCUT2D eigenvalue weighted by atomic mass is 35.5. The summed E-state index contributed by atoms with van der Waals surface area (Å²) in [5.74, 6) is 0.719. The van der Waals surface area contributed by atoms with E-state index in [0.29, 0.717) is 29.5 Å². The third-order valence-corrected chi connectivity index (χ3v) is 3.60. The Balaban J connectivity index is 0.00000161. The van der Waals surface area contributed by atoms with Gasteiger partial charge in [0.15, 0.2) is 6.61 Å². The SMILES string of the molecule is Cl.NC(CNC(=O)c1ccc2c(c1)NC(=O)CO2)C1CC1. The Morgan fingerprint density at radius 2 is 2.24 bits per heavy atom. The summed E-state index contributed by atoms with van der Waals surface area (Å²) in [5, 5.41) is 5.50. The molecule has 1 fully saturated rings. The number of nitrogens with one attached hydrogen (secondary N) is 2. The molecule has 114 valence electrons. The molecule has 0 spiro atoms. The van der Waals surface area contributed by atoms with Crippen molar-refractivity contribution in [2.24, 2.45) is 11.7 Å². The van der Waals surface area contributed by atoms with E-state index in [1.165, 1.54) is 0 Å². The summed E-state index contributed by atoms with van der Waals surface area (Å²) in [6.45, 7) is 0.484. The van der Waals surface area contributed by atoms with Crippen LogP contribution < -0.4 is 21.1 Å². The Bertz CT molecular complexity index is 560. The molecule has 1 aromatic rings. The maximum atomic E-state index is 12.0. The smallest absolute Gasteiger partial charge is 0.262 e. The number of carbonyl (C=O) groups is 2. The summed E-state index contributed by atoms with van der Waals surface area (Å²) in [7, 11) is 0. The second kappa shape index (κ2) is 6.32. The Kier molecular flexibility index (Phi) is 4.69. The van der Waals surface area contributed by atoms with Crippen LogP contribution in [-0.4, -0.2) is 31.0 Å². The monoisotopic (exact) mass is 311 g/mol. The van der Waals surface area contributed by atoms with Gasteiger partial charge >= 0.3 is 0 Å². The Morgan fingerprint density at radius 1 is 1.48 bits per heavy atom. The molecule has 21 heavy (non-hydrogen) atoms. The molecule has 1 atom stereocenters. The molecule has 0 bridgehead atoms. The molecule has 2 aliphatic rings. The zero-order valence-corrected chi connectivity index (χ0v) is 12.2. The first-order chi connectivity index (χ1) is 9.63. The van der Waals surface area contributed by atoms with Gasteiger partial charge < -0.3 is 21.1 Å². The van der Waals surface area contributed by atoms with Crippen molar-refractivity contribution in [3.8, 4) is 5.75 Å². The minimum atomic E-state index is -0.217. The highest BCUT2D eigenvalue weighted by Crippen LogP contribution is 2.31. The fourth-order valence-electron chi connectivity index (χ4n) is 2.23. The van der Waals surface area contributed by atoms with Crippen molar-refractivity contribution in [2.75, 3.05) is 18.5 Å². The van der Waals surface area contributed by atoms with Gasteiger partial charge in [0.05, 0.1) is 5.69 Å². The fraction of sp³-hybridized carbons (Fsp3) is 0.429. The normalized spacial score (nSPS) is 17.7. The number of hydrogen-bond acceptors (Lipinski definition) is 4. The van der Waals surface area contributed by atoms with E-state index < -0.39 is 0 Å². The first kappa shape index (κ1) is 15.6. The van der Waals surface area contributed by atoms with Crippen molar-refractivity contribution in [1.82, 2.24) is 5.32 Å². The molecule has 3 rings (SSSR count). The lowest BCUT2D eigenvalue weighted by molar-refractivity contribution is -0.118. The molecule has 1 unspecified atom stereocenters. The summed E-state index contributed by atoms with van der Waals surface area (Å²) in [5.41, 5.74) is 6.95. The van der Waals surface area contributed by atoms with E-state index in [0.717, 1.165) is 12.8 Å². The minimum Gasteiger partial charge on any atom is -0.482 e. The summed E-state index contributed by atoms with van der Waals surface area (Å²) in [6.07, 6.45) is 2.30. The van der Waals surface area contributed by atoms with Gasteiger partial charge in [0.2, 0.25) is 0 Å². The zero-order valence-electron chi connectivity index (χ0n) is 11.4. The van der Waals surface area contributed by atoms with Gasteiger partial charge in [-0.05, 0) is 37.0 Å². The van der Waals surface area contributed by atoms with Crippen molar-refractivity contribution in [3.05, 3.63) is 23.8 Å². The average molecular weight is 312 g/mol. The van der Waals surface area contributed by atoms with Crippen molar-refractivity contribution in [1.29, 1.82) is 0 Å². The zero-order chi connectivity index (χ0) is 14.1. The van der Waals surface area contributed by atoms with Gasteiger partial charge in [-0.1, -0.05) is 0 Å². The fourth-order valence-corrected chi connectivity index (χ4v) is 2.23. The molecule has 1 aromatic carbocycles. The van der Waals surface area contributed by atoms with E-state index >= 15 is 0 Å². The number of hydrogen-bond donors (Lipinski definition) is 3. The number of benzene rings is 1. The maximum Gasteiger partial charge on any atom is 0.262 e. The first-order valence-electron chi connectivity index (χ1n) is 6.74. The molecule has 0 saturated heterocycles. The number of amides is 2. The van der Waals surface area contributed by atoms with E-state index in [1.54, 1.807) is 18.2 Å². The van der Waals surface area contributed by atoms with Crippen LogP contribution in [0.15, 0.2) is 18.2 Å². The minimum absolute atomic E-state index is 0. The van der Waals surface area contributed by atoms with Gasteiger partial charge in [-0.2, -0.15) is 0 Å². The average Bonchev–Trinajstić information content (AvgIpc) is 3.28. The van der Waals surface area contributed by atoms with Gasteiger partial charge in [-0.15, -0.1) is 12.4 Å². The van der Waals surface area contributed by atoms with Gasteiger partial charge in [0.1, 0.15) is 5.75 Å². The topological polar surface area (TPSA) is 93.5 Å². The van der Waals surface area contributed by atoms with Crippen molar-refractivity contribution in [2.45, 2.75) is 18.9 Å². The summed E-state index contributed by atoms with van der Waals surface area (Å²) in [4.78, 5) is 23.3. The quantitative estimate of drug-likeness (QED) is 0.770. The van der Waals surface area contributed by atoms with Gasteiger partial charge in [0.25, 0.3) is 11.8 Å². The van der Waals surface area contributed by atoms with E-state index in [-0.39, 0.29) is 36.9 Å². The summed E-state index contributed by atoms with van der Waals surface area (Å²) in [6, 6.07) is 5.00. The molecular weight excluding hydrogens is 294 g/mol. The molecule has 1 aliphatic heterocycles. The Labute approximate surface area is 128 Å². The van der Waals surface area contributed by atoms with Crippen LogP contribution in [0.25, 0.3) is 0 Å². The molecule has 0 aromatic heterocycles. The van der Waals surface area contributed by atoms with E-state index in [4.69, 9.17) is 10.5 Å². The van der Waals surface area contributed by atoms with Crippen LogP contribution in [0, 0.1) is 5.92 Å². The van der Waals surface area contributed by atoms with E-state index in [1.807, 2.05) is 0 Å². The predicted octanol–water partition coefficient (Wildman–Crippen LogP) is 0.906. The molecule has 2 amide bonds. The van der Waals surface area contributed by atoms with Crippen LogP contribution >= 0.6 is 12.4 Å². The summed E-state index contributed by atoms with van der Waals surface area (Å²) < 4.78 is 5.24. The standard InChI is InChI=1S/C14H17N3O3.ClH/c15-10(8-1-2-8)6-16-14(19)9-3-4-12-11(5-9)17-13(18)7-20-12;/h3-5,8,10H,1-2,6-7,15H2,(H,16,19)(H,17,18);1H. The van der Waals surface area contributed by atoms with E-state index in [2.05, 4.69) is 10.6 Å². The predicted molar refractivity (Wildman–Crippen MR) is 80.8 cm³/mol. The molecule has 1 heterocycles. The van der Waals surface area contributed by atoms with Crippen LogP contribution in [0.4, 0.5) is 5.69 Å². The number of anilines is 1. The van der Waals surface area contributed by atoms with Crippen molar-refractivity contribution in [3.63, 3.8) is 0 Å². The molecule has 7 heteroatoms. The van der Waals surface area contributed by atoms with Crippen LogP contribution in [0.2, 0.25) is 0 Å². The van der Waals surface area contributed by atoms with Gasteiger partial charge in [-0.25, -0.2) is 0 Å². The first-order valence-corrected chi connectivity index (χ1v) is 6.74. The number of ether oxygens (including phenoxy) is 1. The molecule has 0 radical (unpaired) electrons. The number of fused-ring (bicyclic) bond motifs is 1. The Hall–Kier alpha value is -1.79. The lowest BCUT2D eigenvalue weighted by atomic mass is 10.1. The Morgan fingerprint density at radius 3 is 2.95 bits per heavy atom.